The number of aromatic nitrogens is 1. The average molecular weight is 241 g/mol. The van der Waals surface area contributed by atoms with Crippen LogP contribution >= 0.6 is 23.1 Å². The van der Waals surface area contributed by atoms with Crippen molar-refractivity contribution in [2.75, 3.05) is 6.54 Å². The summed E-state index contributed by atoms with van der Waals surface area (Å²) in [6, 6.07) is 0. The first-order valence-corrected chi connectivity index (χ1v) is 6.85. The Morgan fingerprint density at radius 3 is 3.07 bits per heavy atom. The number of thioether (sulfide) groups is 1. The number of nitrogens with one attached hydrogen (secondary N) is 1. The van der Waals surface area contributed by atoms with Crippen LogP contribution in [0, 0.1) is 5.92 Å². The third kappa shape index (κ3) is 2.95. The summed E-state index contributed by atoms with van der Waals surface area (Å²) in [4.78, 5) is 8.71. The molecule has 1 atom stereocenters. The molecular weight excluding hydrogens is 226 g/mol. The predicted molar refractivity (Wildman–Crippen MR) is 67.5 cm³/mol. The van der Waals surface area contributed by atoms with Crippen LogP contribution in [-0.2, 0) is 6.54 Å². The van der Waals surface area contributed by atoms with Gasteiger partial charge >= 0.3 is 0 Å². The molecule has 1 aliphatic rings. The maximum absolute atomic E-state index is 4.48. The molecule has 3 nitrogen and oxygen atoms in total. The van der Waals surface area contributed by atoms with Crippen LogP contribution in [0.15, 0.2) is 16.6 Å². The van der Waals surface area contributed by atoms with Crippen LogP contribution in [-0.4, -0.2) is 21.9 Å². The van der Waals surface area contributed by atoms with Gasteiger partial charge in [0.1, 0.15) is 5.01 Å². The van der Waals surface area contributed by atoms with E-state index in [2.05, 4.69) is 29.1 Å². The third-order valence-electron chi connectivity index (χ3n) is 2.30. The molecule has 1 aromatic rings. The van der Waals surface area contributed by atoms with Crippen molar-refractivity contribution in [2.45, 2.75) is 25.6 Å². The van der Waals surface area contributed by atoms with Gasteiger partial charge in [-0.3, -0.25) is 4.99 Å². The molecule has 0 radical (unpaired) electrons. The molecular formula is C10H15N3S2. The Morgan fingerprint density at radius 2 is 2.47 bits per heavy atom. The van der Waals surface area contributed by atoms with Crippen molar-refractivity contribution in [3.05, 3.63) is 16.6 Å². The normalized spacial score (nSPS) is 20.7. The highest BCUT2D eigenvalue weighted by molar-refractivity contribution is 8.14. The van der Waals surface area contributed by atoms with Gasteiger partial charge in [-0.25, -0.2) is 4.98 Å². The SMILES string of the molecule is CC(C)C1CN=C(NCc2nccs2)S1. The molecule has 0 aliphatic carbocycles. The van der Waals surface area contributed by atoms with Gasteiger partial charge in [0.15, 0.2) is 5.17 Å². The summed E-state index contributed by atoms with van der Waals surface area (Å²) in [5, 5.41) is 8.16. The summed E-state index contributed by atoms with van der Waals surface area (Å²) in [6.45, 7) is 6.24. The highest BCUT2D eigenvalue weighted by atomic mass is 32.2. The Morgan fingerprint density at radius 1 is 1.60 bits per heavy atom. The number of thiazole rings is 1. The van der Waals surface area contributed by atoms with E-state index in [-0.39, 0.29) is 0 Å². The lowest BCUT2D eigenvalue weighted by atomic mass is 10.1. The minimum atomic E-state index is 0.642. The summed E-state index contributed by atoms with van der Waals surface area (Å²) in [5.41, 5.74) is 0. The van der Waals surface area contributed by atoms with E-state index in [1.54, 1.807) is 11.3 Å². The standard InChI is InChI=1S/C10H15N3S2/c1-7(2)8-5-12-10(15-8)13-6-9-11-3-4-14-9/h3-4,7-8H,5-6H2,1-2H3,(H,12,13). The van der Waals surface area contributed by atoms with Crippen molar-refractivity contribution in [2.24, 2.45) is 10.9 Å². The second-order valence-electron chi connectivity index (χ2n) is 3.83. The van der Waals surface area contributed by atoms with Crippen molar-refractivity contribution in [1.82, 2.24) is 10.3 Å². The van der Waals surface area contributed by atoms with Gasteiger partial charge in [-0.05, 0) is 5.92 Å². The fourth-order valence-electron chi connectivity index (χ4n) is 1.33. The van der Waals surface area contributed by atoms with E-state index in [1.165, 1.54) is 0 Å². The molecule has 0 saturated heterocycles. The fourth-order valence-corrected chi connectivity index (χ4v) is 2.90. The Kier molecular flexibility index (Phi) is 3.64. The van der Waals surface area contributed by atoms with Gasteiger partial charge in [0, 0.05) is 16.8 Å². The lowest BCUT2D eigenvalue weighted by Gasteiger charge is -2.11. The zero-order valence-electron chi connectivity index (χ0n) is 8.93. The quantitative estimate of drug-likeness (QED) is 0.882. The summed E-state index contributed by atoms with van der Waals surface area (Å²) < 4.78 is 0. The molecule has 0 spiro atoms. The Hall–Kier alpha value is -0.550. The molecule has 82 valence electrons. The van der Waals surface area contributed by atoms with Gasteiger partial charge < -0.3 is 5.32 Å². The molecule has 15 heavy (non-hydrogen) atoms. The molecule has 0 amide bonds. The predicted octanol–water partition coefficient (Wildman–Crippen LogP) is 2.36. The topological polar surface area (TPSA) is 37.3 Å². The van der Waals surface area contributed by atoms with Crippen LogP contribution in [0.3, 0.4) is 0 Å². The number of rotatable bonds is 3. The first kappa shape index (κ1) is 11.0. The monoisotopic (exact) mass is 241 g/mol. The minimum Gasteiger partial charge on any atom is -0.358 e. The molecule has 0 aromatic carbocycles. The van der Waals surface area contributed by atoms with Crippen molar-refractivity contribution in [1.29, 1.82) is 0 Å². The van der Waals surface area contributed by atoms with Crippen LogP contribution in [0.4, 0.5) is 0 Å². The Labute approximate surface area is 98.4 Å². The summed E-state index contributed by atoms with van der Waals surface area (Å²) in [6.07, 6.45) is 1.84. The van der Waals surface area contributed by atoms with E-state index in [0.29, 0.717) is 11.2 Å². The molecule has 5 heteroatoms. The molecule has 0 saturated carbocycles. The number of nitrogens with zero attached hydrogens (tertiary/aromatic N) is 2. The largest absolute Gasteiger partial charge is 0.358 e. The van der Waals surface area contributed by atoms with Crippen molar-refractivity contribution >= 4 is 28.3 Å². The molecule has 1 aromatic heterocycles. The van der Waals surface area contributed by atoms with Gasteiger partial charge in [-0.1, -0.05) is 25.6 Å². The first-order chi connectivity index (χ1) is 7.25. The molecule has 0 bridgehead atoms. The lowest BCUT2D eigenvalue weighted by molar-refractivity contribution is 0.621. The Bertz CT molecular complexity index is 332. The smallest absolute Gasteiger partial charge is 0.157 e. The third-order valence-corrected chi connectivity index (χ3v) is 4.57. The van der Waals surface area contributed by atoms with E-state index in [9.17, 15) is 0 Å². The molecule has 2 heterocycles. The van der Waals surface area contributed by atoms with E-state index in [1.807, 2.05) is 23.3 Å². The second-order valence-corrected chi connectivity index (χ2v) is 6.03. The highest BCUT2D eigenvalue weighted by Gasteiger charge is 2.22. The average Bonchev–Trinajstić information content (AvgIpc) is 2.86. The zero-order valence-corrected chi connectivity index (χ0v) is 10.6. The van der Waals surface area contributed by atoms with Crippen molar-refractivity contribution in [3.63, 3.8) is 0 Å². The van der Waals surface area contributed by atoms with Gasteiger partial charge in [0.25, 0.3) is 0 Å². The van der Waals surface area contributed by atoms with E-state index in [4.69, 9.17) is 0 Å². The number of hydrogen-bond donors (Lipinski definition) is 1. The number of amidine groups is 1. The summed E-state index contributed by atoms with van der Waals surface area (Å²) in [5.74, 6) is 0.693. The molecule has 1 unspecified atom stereocenters. The molecule has 0 fully saturated rings. The number of hydrogen-bond acceptors (Lipinski definition) is 5. The lowest BCUT2D eigenvalue weighted by Crippen LogP contribution is -2.19. The van der Waals surface area contributed by atoms with Crippen LogP contribution in [0.25, 0.3) is 0 Å². The molecule has 1 aliphatic heterocycles. The fraction of sp³-hybridized carbons (Fsp3) is 0.600. The van der Waals surface area contributed by atoms with Gasteiger partial charge in [0.2, 0.25) is 0 Å². The van der Waals surface area contributed by atoms with E-state index >= 15 is 0 Å². The second kappa shape index (κ2) is 4.99. The van der Waals surface area contributed by atoms with E-state index in [0.717, 1.165) is 23.3 Å². The molecule has 1 N–H and O–H groups in total. The Balaban J connectivity index is 1.78. The maximum Gasteiger partial charge on any atom is 0.157 e. The summed E-state index contributed by atoms with van der Waals surface area (Å²) in [7, 11) is 0. The van der Waals surface area contributed by atoms with Crippen molar-refractivity contribution < 1.29 is 0 Å². The zero-order chi connectivity index (χ0) is 10.7. The van der Waals surface area contributed by atoms with Crippen LogP contribution < -0.4 is 5.32 Å². The van der Waals surface area contributed by atoms with Crippen LogP contribution in [0.5, 0.6) is 0 Å². The van der Waals surface area contributed by atoms with Crippen molar-refractivity contribution in [3.8, 4) is 0 Å². The van der Waals surface area contributed by atoms with Gasteiger partial charge in [0.05, 0.1) is 13.1 Å². The highest BCUT2D eigenvalue weighted by Crippen LogP contribution is 2.25. The van der Waals surface area contributed by atoms with Crippen LogP contribution in [0.2, 0.25) is 0 Å². The minimum absolute atomic E-state index is 0.642. The number of aliphatic imine (C=N–C) groups is 1. The van der Waals surface area contributed by atoms with Gasteiger partial charge in [-0.15, -0.1) is 11.3 Å². The molecule has 2 rings (SSSR count). The first-order valence-electron chi connectivity index (χ1n) is 5.09. The van der Waals surface area contributed by atoms with Gasteiger partial charge in [-0.2, -0.15) is 0 Å². The maximum atomic E-state index is 4.48. The summed E-state index contributed by atoms with van der Waals surface area (Å²) >= 11 is 3.53. The van der Waals surface area contributed by atoms with E-state index < -0.39 is 0 Å². The van der Waals surface area contributed by atoms with Crippen LogP contribution in [0.1, 0.15) is 18.9 Å².